The van der Waals surface area contributed by atoms with Gasteiger partial charge in [0.15, 0.2) is 0 Å². The summed E-state index contributed by atoms with van der Waals surface area (Å²) in [5.41, 5.74) is 4.48. The average Bonchev–Trinajstić information content (AvgIpc) is 2.41. The maximum absolute atomic E-state index is 13.1. The average molecular weight is 308 g/mol. The molecule has 3 nitrogen and oxygen atoms in total. The van der Waals surface area contributed by atoms with Gasteiger partial charge in [-0.15, -0.1) is 0 Å². The molecule has 2 atom stereocenters. The highest BCUT2D eigenvalue weighted by Crippen LogP contribution is 2.35. The van der Waals surface area contributed by atoms with Gasteiger partial charge in [0.25, 0.3) is 0 Å². The van der Waals surface area contributed by atoms with E-state index >= 15 is 0 Å². The molecule has 120 valence electrons. The lowest BCUT2D eigenvalue weighted by Gasteiger charge is -2.25. The van der Waals surface area contributed by atoms with Crippen molar-refractivity contribution in [2.45, 2.75) is 38.0 Å². The van der Waals surface area contributed by atoms with Crippen LogP contribution in [0.4, 0.5) is 17.6 Å². The first-order chi connectivity index (χ1) is 9.79. The van der Waals surface area contributed by atoms with Gasteiger partial charge in [0.1, 0.15) is 5.82 Å². The smallest absolute Gasteiger partial charge is 0.396 e. The number of aliphatic hydroxyl groups is 1. The molecule has 0 aromatic heterocycles. The van der Waals surface area contributed by atoms with Crippen LogP contribution in [0.25, 0.3) is 0 Å². The molecular weight excluding hydrogens is 288 g/mol. The molecule has 0 saturated heterocycles. The number of nitrogens with one attached hydrogen (secondary N) is 1. The predicted octanol–water partition coefficient (Wildman–Crippen LogP) is 2.59. The summed E-state index contributed by atoms with van der Waals surface area (Å²) in [6.45, 7) is 1.77. The molecule has 0 amide bonds. The molecule has 7 heteroatoms. The summed E-state index contributed by atoms with van der Waals surface area (Å²) in [5.74, 6) is -0.935. The maximum Gasteiger partial charge on any atom is 0.416 e. The summed E-state index contributed by atoms with van der Waals surface area (Å²) >= 11 is 0. The van der Waals surface area contributed by atoms with E-state index in [0.717, 1.165) is 12.1 Å². The lowest BCUT2D eigenvalue weighted by Crippen LogP contribution is -2.36. The van der Waals surface area contributed by atoms with Crippen LogP contribution >= 0.6 is 0 Å². The SMILES string of the molecule is CC(CCCO)NC(CN)c1ccc(F)cc1C(F)(F)F. The molecule has 1 rings (SSSR count). The van der Waals surface area contributed by atoms with Gasteiger partial charge >= 0.3 is 6.18 Å². The van der Waals surface area contributed by atoms with Crippen LogP contribution in [0.2, 0.25) is 0 Å². The third-order valence-electron chi connectivity index (χ3n) is 3.21. The summed E-state index contributed by atoms with van der Waals surface area (Å²) in [6.07, 6.45) is -3.49. The van der Waals surface area contributed by atoms with Crippen molar-refractivity contribution in [1.29, 1.82) is 0 Å². The van der Waals surface area contributed by atoms with E-state index in [0.29, 0.717) is 18.9 Å². The van der Waals surface area contributed by atoms with Gasteiger partial charge < -0.3 is 16.2 Å². The van der Waals surface area contributed by atoms with E-state index in [-0.39, 0.29) is 24.8 Å². The summed E-state index contributed by atoms with van der Waals surface area (Å²) in [4.78, 5) is 0. The second-order valence-electron chi connectivity index (χ2n) is 4.95. The quantitative estimate of drug-likeness (QED) is 0.679. The zero-order valence-electron chi connectivity index (χ0n) is 11.8. The van der Waals surface area contributed by atoms with E-state index in [1.165, 1.54) is 0 Å². The fourth-order valence-electron chi connectivity index (χ4n) is 2.19. The summed E-state index contributed by atoms with van der Waals surface area (Å²) in [7, 11) is 0. The van der Waals surface area contributed by atoms with E-state index in [9.17, 15) is 17.6 Å². The van der Waals surface area contributed by atoms with Crippen LogP contribution in [-0.2, 0) is 6.18 Å². The Hall–Kier alpha value is -1.18. The van der Waals surface area contributed by atoms with Crippen molar-refractivity contribution in [2.24, 2.45) is 5.73 Å². The van der Waals surface area contributed by atoms with Gasteiger partial charge in [-0.25, -0.2) is 4.39 Å². The Morgan fingerprint density at radius 2 is 2.00 bits per heavy atom. The Labute approximate surface area is 121 Å². The molecule has 0 aliphatic heterocycles. The van der Waals surface area contributed by atoms with Gasteiger partial charge in [0, 0.05) is 25.2 Å². The number of benzene rings is 1. The van der Waals surface area contributed by atoms with Gasteiger partial charge in [-0.1, -0.05) is 6.07 Å². The van der Waals surface area contributed by atoms with Gasteiger partial charge in [-0.05, 0) is 37.5 Å². The molecule has 21 heavy (non-hydrogen) atoms. The second kappa shape index (κ2) is 7.72. The fraction of sp³-hybridized carbons (Fsp3) is 0.571. The number of alkyl halides is 3. The van der Waals surface area contributed by atoms with Crippen molar-refractivity contribution in [2.75, 3.05) is 13.2 Å². The highest BCUT2D eigenvalue weighted by atomic mass is 19.4. The van der Waals surface area contributed by atoms with Crippen LogP contribution in [0.5, 0.6) is 0 Å². The highest BCUT2D eigenvalue weighted by molar-refractivity contribution is 5.33. The van der Waals surface area contributed by atoms with Crippen LogP contribution in [0.1, 0.15) is 36.9 Å². The van der Waals surface area contributed by atoms with E-state index in [4.69, 9.17) is 10.8 Å². The molecule has 0 aliphatic rings. The van der Waals surface area contributed by atoms with Crippen molar-refractivity contribution in [3.63, 3.8) is 0 Å². The summed E-state index contributed by atoms with van der Waals surface area (Å²) < 4.78 is 52.1. The van der Waals surface area contributed by atoms with E-state index in [1.54, 1.807) is 6.92 Å². The third kappa shape index (κ3) is 5.26. The standard InChI is InChI=1S/C14H20F4N2O/c1-9(3-2-6-21)20-13(8-19)11-5-4-10(15)7-12(11)14(16,17)18/h4-5,7,9,13,20-21H,2-3,6,8,19H2,1H3. The fourth-order valence-corrected chi connectivity index (χ4v) is 2.19. The largest absolute Gasteiger partial charge is 0.416 e. The van der Waals surface area contributed by atoms with Crippen LogP contribution in [0, 0.1) is 5.82 Å². The van der Waals surface area contributed by atoms with Crippen molar-refractivity contribution >= 4 is 0 Å². The summed E-state index contributed by atoms with van der Waals surface area (Å²) in [6, 6.07) is 1.75. The van der Waals surface area contributed by atoms with Crippen molar-refractivity contribution < 1.29 is 22.7 Å². The maximum atomic E-state index is 13.1. The number of hydrogen-bond acceptors (Lipinski definition) is 3. The molecule has 0 heterocycles. The zero-order valence-corrected chi connectivity index (χ0v) is 11.8. The number of hydrogen-bond donors (Lipinski definition) is 3. The number of aliphatic hydroxyl groups excluding tert-OH is 1. The number of nitrogens with two attached hydrogens (primary N) is 1. The minimum absolute atomic E-state index is 0.0175. The molecule has 2 unspecified atom stereocenters. The molecular formula is C14H20F4N2O. The second-order valence-corrected chi connectivity index (χ2v) is 4.95. The van der Waals surface area contributed by atoms with E-state index in [1.807, 2.05) is 0 Å². The zero-order chi connectivity index (χ0) is 16.0. The Balaban J connectivity index is 3.00. The molecule has 0 saturated carbocycles. The topological polar surface area (TPSA) is 58.3 Å². The molecule has 0 spiro atoms. The van der Waals surface area contributed by atoms with Gasteiger partial charge in [-0.2, -0.15) is 13.2 Å². The van der Waals surface area contributed by atoms with Gasteiger partial charge in [0.05, 0.1) is 5.56 Å². The molecule has 0 aliphatic carbocycles. The van der Waals surface area contributed by atoms with Crippen molar-refractivity contribution in [1.82, 2.24) is 5.32 Å². The van der Waals surface area contributed by atoms with Crippen LogP contribution in [-0.4, -0.2) is 24.3 Å². The molecule has 1 aromatic rings. The Kier molecular flexibility index (Phi) is 6.57. The Morgan fingerprint density at radius 1 is 1.33 bits per heavy atom. The lowest BCUT2D eigenvalue weighted by atomic mass is 9.98. The van der Waals surface area contributed by atoms with Crippen LogP contribution in [0.3, 0.4) is 0 Å². The predicted molar refractivity (Wildman–Crippen MR) is 72.1 cm³/mol. The normalized spacial score (nSPS) is 15.0. The highest BCUT2D eigenvalue weighted by Gasteiger charge is 2.35. The van der Waals surface area contributed by atoms with Crippen molar-refractivity contribution in [3.05, 3.63) is 35.1 Å². The number of rotatable bonds is 7. The Morgan fingerprint density at radius 3 is 2.52 bits per heavy atom. The minimum atomic E-state index is -4.64. The monoisotopic (exact) mass is 308 g/mol. The molecule has 0 bridgehead atoms. The first-order valence-corrected chi connectivity index (χ1v) is 6.73. The van der Waals surface area contributed by atoms with Gasteiger partial charge in [-0.3, -0.25) is 0 Å². The third-order valence-corrected chi connectivity index (χ3v) is 3.21. The number of halogens is 4. The van der Waals surface area contributed by atoms with Crippen LogP contribution < -0.4 is 11.1 Å². The van der Waals surface area contributed by atoms with E-state index in [2.05, 4.69) is 5.32 Å². The first kappa shape index (κ1) is 17.9. The molecule has 0 radical (unpaired) electrons. The van der Waals surface area contributed by atoms with Crippen LogP contribution in [0.15, 0.2) is 18.2 Å². The molecule has 4 N–H and O–H groups in total. The van der Waals surface area contributed by atoms with Gasteiger partial charge in [0.2, 0.25) is 0 Å². The minimum Gasteiger partial charge on any atom is -0.396 e. The Bertz CT molecular complexity index is 451. The molecule has 0 fully saturated rings. The van der Waals surface area contributed by atoms with E-state index < -0.39 is 23.6 Å². The first-order valence-electron chi connectivity index (χ1n) is 6.73. The summed E-state index contributed by atoms with van der Waals surface area (Å²) in [5, 5.41) is 11.8. The lowest BCUT2D eigenvalue weighted by molar-refractivity contribution is -0.138. The van der Waals surface area contributed by atoms with Crippen molar-refractivity contribution in [3.8, 4) is 0 Å². The molecule has 1 aromatic carbocycles.